The summed E-state index contributed by atoms with van der Waals surface area (Å²) in [4.78, 5) is 32.3. The number of sulfonamides is 1. The van der Waals surface area contributed by atoms with Gasteiger partial charge in [0.05, 0.1) is 18.1 Å². The molecular formula is C32H36N4O7S. The molecule has 2 aromatic heterocycles. The number of unbranched alkanes of at least 4 members (excludes halogenated alkanes) is 1. The number of hydrogen-bond acceptors (Lipinski definition) is 8. The van der Waals surface area contributed by atoms with Crippen molar-refractivity contribution in [3.63, 3.8) is 0 Å². The number of hydrogen-bond donors (Lipinski definition) is 3. The molecule has 0 fully saturated rings. The van der Waals surface area contributed by atoms with Gasteiger partial charge in [-0.05, 0) is 79.4 Å². The molecule has 0 saturated carbocycles. The number of oxazole rings is 1. The molecule has 0 unspecified atom stereocenters. The number of carbonyl (C=O) groups excluding carboxylic acids is 1. The number of rotatable bonds is 16. The zero-order valence-electron chi connectivity index (χ0n) is 24.7. The van der Waals surface area contributed by atoms with Crippen LogP contribution in [0.1, 0.15) is 59.3 Å². The first-order valence-electron chi connectivity index (χ1n) is 14.4. The van der Waals surface area contributed by atoms with E-state index in [9.17, 15) is 18.0 Å². The zero-order valence-corrected chi connectivity index (χ0v) is 25.5. The molecule has 12 heteroatoms. The van der Waals surface area contributed by atoms with Gasteiger partial charge in [-0.3, -0.25) is 19.3 Å². The SMILES string of the molecule is CCCCS(=O)(=O)Nc1ccc(-c2nc(CCOc3ccc(CCC(=O)O)c(CNC(=O)c4ccccn4)c3)c(C)o2)cc1. The van der Waals surface area contributed by atoms with Crippen molar-refractivity contribution in [2.24, 2.45) is 0 Å². The number of carbonyl (C=O) groups is 2. The van der Waals surface area contributed by atoms with Crippen LogP contribution in [0.5, 0.6) is 5.75 Å². The van der Waals surface area contributed by atoms with Gasteiger partial charge < -0.3 is 19.6 Å². The summed E-state index contributed by atoms with van der Waals surface area (Å²) in [6.07, 6.45) is 3.69. The highest BCUT2D eigenvalue weighted by Crippen LogP contribution is 2.25. The van der Waals surface area contributed by atoms with E-state index in [0.717, 1.165) is 23.2 Å². The van der Waals surface area contributed by atoms with Gasteiger partial charge in [0.25, 0.3) is 5.91 Å². The van der Waals surface area contributed by atoms with Gasteiger partial charge in [-0.1, -0.05) is 25.5 Å². The molecule has 2 aromatic carbocycles. The van der Waals surface area contributed by atoms with Crippen LogP contribution in [0, 0.1) is 6.92 Å². The maximum absolute atomic E-state index is 12.5. The van der Waals surface area contributed by atoms with Crippen LogP contribution in [0.3, 0.4) is 0 Å². The molecule has 0 bridgehead atoms. The summed E-state index contributed by atoms with van der Waals surface area (Å²) in [5.41, 5.74) is 3.77. The van der Waals surface area contributed by atoms with Crippen LogP contribution < -0.4 is 14.8 Å². The lowest BCUT2D eigenvalue weighted by atomic mass is 10.0. The van der Waals surface area contributed by atoms with E-state index in [0.29, 0.717) is 54.5 Å². The van der Waals surface area contributed by atoms with E-state index in [-0.39, 0.29) is 30.3 Å². The number of amides is 1. The van der Waals surface area contributed by atoms with Gasteiger partial charge in [-0.25, -0.2) is 13.4 Å². The third kappa shape index (κ3) is 9.40. The fourth-order valence-corrected chi connectivity index (χ4v) is 5.67. The molecule has 44 heavy (non-hydrogen) atoms. The number of aliphatic carboxylic acids is 1. The highest BCUT2D eigenvalue weighted by atomic mass is 32.2. The van der Waals surface area contributed by atoms with Crippen LogP contribution in [0.4, 0.5) is 5.69 Å². The Bertz CT molecular complexity index is 1670. The first-order chi connectivity index (χ1) is 21.1. The van der Waals surface area contributed by atoms with E-state index in [1.807, 2.05) is 19.9 Å². The van der Waals surface area contributed by atoms with E-state index in [4.69, 9.17) is 14.3 Å². The van der Waals surface area contributed by atoms with E-state index in [1.165, 1.54) is 0 Å². The maximum Gasteiger partial charge on any atom is 0.303 e. The number of ether oxygens (including phenoxy) is 1. The van der Waals surface area contributed by atoms with Gasteiger partial charge in [0.1, 0.15) is 17.2 Å². The normalized spacial score (nSPS) is 11.2. The summed E-state index contributed by atoms with van der Waals surface area (Å²) in [6.45, 7) is 4.26. The predicted molar refractivity (Wildman–Crippen MR) is 166 cm³/mol. The molecule has 0 radical (unpaired) electrons. The average molecular weight is 621 g/mol. The Morgan fingerprint density at radius 2 is 1.82 bits per heavy atom. The first kappa shape index (κ1) is 32.2. The van der Waals surface area contributed by atoms with Crippen molar-refractivity contribution >= 4 is 27.6 Å². The minimum absolute atomic E-state index is 0.0353. The summed E-state index contributed by atoms with van der Waals surface area (Å²) in [5, 5.41) is 12.0. The van der Waals surface area contributed by atoms with Gasteiger partial charge in [-0.15, -0.1) is 0 Å². The van der Waals surface area contributed by atoms with Crippen molar-refractivity contribution in [2.45, 2.75) is 52.5 Å². The van der Waals surface area contributed by atoms with Crippen LogP contribution in [0.2, 0.25) is 0 Å². The van der Waals surface area contributed by atoms with Crippen molar-refractivity contribution in [1.29, 1.82) is 0 Å². The van der Waals surface area contributed by atoms with Gasteiger partial charge in [0.2, 0.25) is 15.9 Å². The minimum Gasteiger partial charge on any atom is -0.493 e. The summed E-state index contributed by atoms with van der Waals surface area (Å²) < 4.78 is 38.8. The number of carboxylic acids is 1. The van der Waals surface area contributed by atoms with Crippen LogP contribution >= 0.6 is 0 Å². The summed E-state index contributed by atoms with van der Waals surface area (Å²) in [7, 11) is -3.39. The molecule has 0 aliphatic carbocycles. The van der Waals surface area contributed by atoms with Crippen molar-refractivity contribution in [3.05, 3.63) is 95.1 Å². The third-order valence-electron chi connectivity index (χ3n) is 6.79. The number of aromatic nitrogens is 2. The Balaban J connectivity index is 1.37. The Hall–Kier alpha value is -4.71. The number of carboxylic acid groups (broad SMARTS) is 1. The van der Waals surface area contributed by atoms with Gasteiger partial charge >= 0.3 is 5.97 Å². The molecule has 4 aromatic rings. The molecule has 0 atom stereocenters. The smallest absolute Gasteiger partial charge is 0.303 e. The number of benzene rings is 2. The topological polar surface area (TPSA) is 161 Å². The predicted octanol–water partition coefficient (Wildman–Crippen LogP) is 5.16. The molecule has 1 amide bonds. The molecule has 0 aliphatic rings. The van der Waals surface area contributed by atoms with E-state index in [2.05, 4.69) is 20.0 Å². The number of nitrogens with one attached hydrogen (secondary N) is 2. The number of pyridine rings is 1. The molecule has 0 spiro atoms. The molecule has 2 heterocycles. The highest BCUT2D eigenvalue weighted by molar-refractivity contribution is 7.92. The van der Waals surface area contributed by atoms with Crippen molar-refractivity contribution in [2.75, 3.05) is 17.1 Å². The second-order valence-electron chi connectivity index (χ2n) is 10.2. The van der Waals surface area contributed by atoms with Crippen molar-refractivity contribution in [3.8, 4) is 17.2 Å². The van der Waals surface area contributed by atoms with E-state index in [1.54, 1.807) is 60.8 Å². The van der Waals surface area contributed by atoms with Crippen LogP contribution in [0.25, 0.3) is 11.5 Å². The first-order valence-corrected chi connectivity index (χ1v) is 16.0. The van der Waals surface area contributed by atoms with Crippen molar-refractivity contribution < 1.29 is 32.3 Å². The van der Waals surface area contributed by atoms with Gasteiger partial charge in [0.15, 0.2) is 0 Å². The molecular weight excluding hydrogens is 584 g/mol. The zero-order chi connectivity index (χ0) is 31.5. The van der Waals surface area contributed by atoms with Gasteiger partial charge in [-0.2, -0.15) is 0 Å². The summed E-state index contributed by atoms with van der Waals surface area (Å²) in [5.74, 6) is 0.486. The van der Waals surface area contributed by atoms with Crippen molar-refractivity contribution in [1.82, 2.24) is 15.3 Å². The van der Waals surface area contributed by atoms with Gasteiger partial charge in [0, 0.05) is 36.8 Å². The lowest BCUT2D eigenvalue weighted by Gasteiger charge is -2.13. The van der Waals surface area contributed by atoms with Crippen LogP contribution in [-0.4, -0.2) is 47.7 Å². The Morgan fingerprint density at radius 3 is 2.52 bits per heavy atom. The standard InChI is InChI=1S/C32H36N4O7S/c1-3-4-19-44(40,41)36-26-12-8-24(9-13-26)32-35-28(22(2)43-32)16-18-42-27-14-10-23(11-15-30(37)38)25(20-27)21-34-31(39)29-7-5-6-17-33-29/h5-10,12-14,17,20,36H,3-4,11,15-16,18-19,21H2,1-2H3,(H,34,39)(H,37,38). The van der Waals surface area contributed by atoms with E-state index >= 15 is 0 Å². The second-order valence-corrected chi connectivity index (χ2v) is 12.0. The number of anilines is 1. The monoisotopic (exact) mass is 620 g/mol. The molecule has 0 aliphatic heterocycles. The quantitative estimate of drug-likeness (QED) is 0.154. The Labute approximate surface area is 256 Å². The molecule has 11 nitrogen and oxygen atoms in total. The fourth-order valence-electron chi connectivity index (χ4n) is 4.40. The molecule has 232 valence electrons. The summed E-state index contributed by atoms with van der Waals surface area (Å²) in [6, 6.07) is 17.3. The lowest BCUT2D eigenvalue weighted by molar-refractivity contribution is -0.136. The van der Waals surface area contributed by atoms with E-state index < -0.39 is 16.0 Å². The third-order valence-corrected chi connectivity index (χ3v) is 8.17. The summed E-state index contributed by atoms with van der Waals surface area (Å²) >= 11 is 0. The lowest BCUT2D eigenvalue weighted by Crippen LogP contribution is -2.24. The number of nitrogens with zero attached hydrogens (tertiary/aromatic N) is 2. The largest absolute Gasteiger partial charge is 0.493 e. The number of aryl methyl sites for hydroxylation is 2. The van der Waals surface area contributed by atoms with Crippen LogP contribution in [-0.2, 0) is 34.2 Å². The fraction of sp³-hybridized carbons (Fsp3) is 0.312. The Morgan fingerprint density at radius 1 is 1.02 bits per heavy atom. The molecule has 4 rings (SSSR count). The molecule has 0 saturated heterocycles. The highest BCUT2D eigenvalue weighted by Gasteiger charge is 2.15. The molecule has 3 N–H and O–H groups in total. The Kier molecular flexibility index (Phi) is 11.1. The van der Waals surface area contributed by atoms with Crippen LogP contribution in [0.15, 0.2) is 71.3 Å². The minimum atomic E-state index is -3.39. The second kappa shape index (κ2) is 15.1. The average Bonchev–Trinajstić information content (AvgIpc) is 3.38. The maximum atomic E-state index is 12.5.